The lowest BCUT2D eigenvalue weighted by atomic mass is 10.1. The fraction of sp³-hybridized carbons (Fsp3) is 0.600. The lowest BCUT2D eigenvalue weighted by molar-refractivity contribution is -0.745. The minimum absolute atomic E-state index is 0.0241. The highest BCUT2D eigenvalue weighted by atomic mass is 31.3. The van der Waals surface area contributed by atoms with Gasteiger partial charge in [0, 0.05) is 7.11 Å². The maximum absolute atomic E-state index is 12.9. The summed E-state index contributed by atoms with van der Waals surface area (Å²) in [6.07, 6.45) is -11.6. The number of nitrogens with one attached hydrogen (secondary N) is 2. The van der Waals surface area contributed by atoms with Gasteiger partial charge in [-0.15, -0.1) is 0 Å². The van der Waals surface area contributed by atoms with Crippen LogP contribution in [0.15, 0.2) is 22.2 Å². The number of nitrogens with zero attached hydrogens (tertiary/aromatic N) is 6. The van der Waals surface area contributed by atoms with Crippen molar-refractivity contribution in [3.8, 4) is 0 Å². The molecule has 2 fully saturated rings. The van der Waals surface area contributed by atoms with Crippen molar-refractivity contribution in [2.45, 2.75) is 69.0 Å². The summed E-state index contributed by atoms with van der Waals surface area (Å²) in [5.41, 5.74) is 9.38. The number of nitrogens with two attached hydrogens (primary N) is 2. The molecule has 0 aliphatic carbocycles. The van der Waals surface area contributed by atoms with Crippen molar-refractivity contribution in [3.05, 3.63) is 33.4 Å². The molecule has 4 aromatic rings. The third-order valence-electron chi connectivity index (χ3n) is 8.50. The van der Waals surface area contributed by atoms with Gasteiger partial charge in [-0.2, -0.15) is 13.6 Å². The number of rotatable bonds is 17. The van der Waals surface area contributed by atoms with Crippen LogP contribution in [0, 0.1) is 0 Å². The van der Waals surface area contributed by atoms with Gasteiger partial charge in [0.15, 0.2) is 23.7 Å². The lowest BCUT2D eigenvalue weighted by Crippen LogP contribution is -2.46. The van der Waals surface area contributed by atoms with Crippen LogP contribution in [0.5, 0.6) is 0 Å². The van der Waals surface area contributed by atoms with Crippen LogP contribution in [0.3, 0.4) is 0 Å². The van der Waals surface area contributed by atoms with E-state index in [2.05, 4.69) is 33.5 Å². The molecular weight excluding hydrogens is 900 g/mol. The number of hydrogen-bond acceptors (Lipinski definition) is 22. The van der Waals surface area contributed by atoms with E-state index in [0.717, 1.165) is 18.0 Å². The Morgan fingerprint density at radius 3 is 2.05 bits per heavy atom. The van der Waals surface area contributed by atoms with E-state index in [-0.39, 0.29) is 34.2 Å². The summed E-state index contributed by atoms with van der Waals surface area (Å²) in [4.78, 5) is 82.2. The molecule has 0 spiro atoms. The summed E-state index contributed by atoms with van der Waals surface area (Å²) in [5, 5.41) is 22.2. The maximum atomic E-state index is 12.9. The zero-order chi connectivity index (χ0) is 44.3. The minimum Gasteiger partial charge on any atom is -0.386 e. The number of H-pyrrole nitrogens is 2. The highest BCUT2D eigenvalue weighted by molar-refractivity contribution is 7.66. The molecule has 31 nitrogen and oxygen atoms in total. The van der Waals surface area contributed by atoms with Crippen molar-refractivity contribution in [1.29, 1.82) is 0 Å². The number of phosphoric acid groups is 4. The van der Waals surface area contributed by atoms with Gasteiger partial charge in [-0.05, 0) is 13.8 Å². The van der Waals surface area contributed by atoms with E-state index in [1.807, 2.05) is 0 Å². The monoisotopic (exact) mass is 939 g/mol. The molecule has 0 radical (unpaired) electrons. The predicted molar refractivity (Wildman–Crippen MR) is 194 cm³/mol. The average Bonchev–Trinajstić information content (AvgIpc) is 3.83. The summed E-state index contributed by atoms with van der Waals surface area (Å²) >= 11 is 0. The van der Waals surface area contributed by atoms with Gasteiger partial charge in [-0.3, -0.25) is 46.8 Å². The number of imidazole rings is 2. The van der Waals surface area contributed by atoms with E-state index in [9.17, 15) is 57.6 Å². The Hall–Kier alpha value is -3.38. The first-order valence-corrected chi connectivity index (χ1v) is 22.9. The topological polar surface area (TPSA) is 443 Å². The molecule has 334 valence electrons. The van der Waals surface area contributed by atoms with Crippen molar-refractivity contribution in [1.82, 2.24) is 34.1 Å². The van der Waals surface area contributed by atoms with E-state index in [1.165, 1.54) is 36.4 Å². The van der Waals surface area contributed by atoms with Crippen LogP contribution in [-0.4, -0.2) is 127 Å². The Kier molecular flexibility index (Phi) is 13.1. The second-order valence-electron chi connectivity index (χ2n) is 13.2. The molecule has 0 amide bonds. The first-order valence-electron chi connectivity index (χ1n) is 16.9. The first-order chi connectivity index (χ1) is 27.8. The molecule has 35 heteroatoms. The number of aryl methyl sites for hydroxylation is 1. The van der Waals surface area contributed by atoms with Crippen LogP contribution in [0.4, 0.5) is 11.9 Å². The third-order valence-corrected chi connectivity index (χ3v) is 13.9. The number of phosphoric ester groups is 3. The fourth-order valence-electron chi connectivity index (χ4n) is 6.28. The van der Waals surface area contributed by atoms with E-state index < -0.39 is 111 Å². The summed E-state index contributed by atoms with van der Waals surface area (Å²) in [5.74, 6) is -0.633. The zero-order valence-corrected chi connectivity index (χ0v) is 34.8. The minimum atomic E-state index is -6.10. The second-order valence-corrected chi connectivity index (χ2v) is 19.2. The number of aromatic nitrogens is 8. The fourth-order valence-corrected chi connectivity index (χ4v) is 10.9. The number of ether oxygens (including phenoxy) is 3. The molecule has 0 bridgehead atoms. The van der Waals surface area contributed by atoms with Crippen molar-refractivity contribution < 1.29 is 93.5 Å². The van der Waals surface area contributed by atoms with Gasteiger partial charge in [0.05, 0.1) is 32.7 Å². The smallest absolute Gasteiger partial charge is 0.386 e. The lowest BCUT2D eigenvalue weighted by Gasteiger charge is -2.24. The van der Waals surface area contributed by atoms with Crippen LogP contribution in [-0.2, 0) is 66.2 Å². The van der Waals surface area contributed by atoms with Gasteiger partial charge < -0.3 is 55.5 Å². The number of anilines is 2. The van der Waals surface area contributed by atoms with Gasteiger partial charge in [0.25, 0.3) is 17.1 Å². The molecule has 2 aliphatic rings. The normalized spacial score (nSPS) is 28.9. The highest BCUT2D eigenvalue weighted by Gasteiger charge is 2.52. The molecule has 6 rings (SSSR count). The van der Waals surface area contributed by atoms with E-state index in [1.54, 1.807) is 0 Å². The Morgan fingerprint density at radius 1 is 0.867 bits per heavy atom. The summed E-state index contributed by atoms with van der Waals surface area (Å²) in [7, 11) is -20.1. The Morgan fingerprint density at radius 2 is 1.45 bits per heavy atom. The first kappa shape index (κ1) is 46.1. The van der Waals surface area contributed by atoms with Gasteiger partial charge in [-0.25, -0.2) is 27.8 Å². The number of fused-ring (bicyclic) bond motifs is 2. The molecule has 60 heavy (non-hydrogen) atoms. The molecule has 2 saturated heterocycles. The molecular formula is C25H39N10O21P4+. The number of aliphatic hydroxyl groups excluding tert-OH is 2. The van der Waals surface area contributed by atoms with Crippen LogP contribution >= 0.6 is 31.3 Å². The SMILES string of the molecule is COC1C(O)[C@H]([n+]2cn(C)c3c(=O)[nH]c(N)nc32)O[C@@H]1COP(=O)(O)OP(=O)(O)OP(=O)(O)OC[C@H]1O[C@@H](n2cnc3c(=O)[nH]c(N)nc32)[C@@H](O)C1OP(=O)(O)OC(C)C. The summed E-state index contributed by atoms with van der Waals surface area (Å²) < 4.78 is 99.1. The quantitative estimate of drug-likeness (QED) is 0.0391. The number of nitrogen functional groups attached to an aromatic ring is 2. The molecule has 0 saturated carbocycles. The Labute approximate surface area is 334 Å². The van der Waals surface area contributed by atoms with E-state index in [0.29, 0.717) is 0 Å². The van der Waals surface area contributed by atoms with Crippen molar-refractivity contribution in [2.24, 2.45) is 7.05 Å². The highest BCUT2D eigenvalue weighted by Crippen LogP contribution is 2.68. The van der Waals surface area contributed by atoms with Gasteiger partial charge in [0.2, 0.25) is 17.7 Å². The van der Waals surface area contributed by atoms with Crippen molar-refractivity contribution in [2.75, 3.05) is 31.8 Å². The van der Waals surface area contributed by atoms with Gasteiger partial charge >= 0.3 is 36.9 Å². The molecule has 0 aromatic carbocycles. The number of aromatic amines is 2. The molecule has 6 heterocycles. The van der Waals surface area contributed by atoms with E-state index in [4.69, 9.17) is 43.8 Å². The maximum Gasteiger partial charge on any atom is 0.490 e. The number of methoxy groups -OCH3 is 1. The van der Waals surface area contributed by atoms with Crippen LogP contribution in [0.1, 0.15) is 26.3 Å². The molecule has 7 unspecified atom stereocenters. The summed E-state index contributed by atoms with van der Waals surface area (Å²) in [6, 6.07) is 0. The molecule has 2 aliphatic heterocycles. The van der Waals surface area contributed by atoms with Crippen LogP contribution in [0.2, 0.25) is 0 Å². The third kappa shape index (κ3) is 9.95. The average molecular weight is 940 g/mol. The molecule has 12 atom stereocenters. The van der Waals surface area contributed by atoms with Crippen LogP contribution in [0.25, 0.3) is 22.3 Å². The zero-order valence-electron chi connectivity index (χ0n) is 31.2. The summed E-state index contributed by atoms with van der Waals surface area (Å²) in [6.45, 7) is 0.517. The van der Waals surface area contributed by atoms with E-state index >= 15 is 0 Å². The predicted octanol–water partition coefficient (Wildman–Crippen LogP) is -2.34. The molecule has 4 aromatic heterocycles. The van der Waals surface area contributed by atoms with Gasteiger partial charge in [0.1, 0.15) is 36.6 Å². The Balaban J connectivity index is 1.12. The van der Waals surface area contributed by atoms with Gasteiger partial charge in [-0.1, -0.05) is 4.98 Å². The standard InChI is InChI=1S/C25H38N10O21P4/c1-9(2)53-59(44,45)54-17-11(52-22(15(17)37)34-7-28-12-18(34)29-24(26)31-20(12)38)6-50-58(42,43)56-60(46,47)55-57(40,41)49-5-10-16(48-4)14(36)23(51-10)35-8-33(3)13-19(35)30-25(27)32-21(13)39/h7-11,14-17,22-23,36-37H,5-6H2,1-4H3,(H9-,26,27,29,30,31,32,38,39,40,41,42,43,44,45,46,47)/p+1/t10-,11-,14?,15+,16?,17?,22-,23-/m1/s1. The molecule has 12 N–H and O–H groups in total. The Bertz CT molecular complexity index is 2570. The second kappa shape index (κ2) is 17.1. The number of hydrogen-bond donors (Lipinski definition) is 10. The van der Waals surface area contributed by atoms with Crippen molar-refractivity contribution in [3.63, 3.8) is 0 Å². The van der Waals surface area contributed by atoms with Crippen LogP contribution < -0.4 is 27.2 Å². The van der Waals surface area contributed by atoms with Crippen molar-refractivity contribution >= 4 is 65.5 Å². The number of aliphatic hydroxyl groups is 2. The largest absolute Gasteiger partial charge is 0.490 e.